The summed E-state index contributed by atoms with van der Waals surface area (Å²) < 4.78 is 0. The van der Waals surface area contributed by atoms with Gasteiger partial charge in [-0.1, -0.05) is 26.0 Å². The number of carboxylic acid groups (broad SMARTS) is 1. The first-order valence-electron chi connectivity index (χ1n) is 5.65. The summed E-state index contributed by atoms with van der Waals surface area (Å²) in [5.74, 6) is -2.57. The predicted octanol–water partition coefficient (Wildman–Crippen LogP) is 0.567. The number of benzene rings is 1. The number of imide groups is 1. The van der Waals surface area contributed by atoms with E-state index in [2.05, 4.69) is 0 Å². The number of aliphatic carboxylic acids is 1. The Morgan fingerprint density at radius 3 is 1.84 bits per heavy atom. The summed E-state index contributed by atoms with van der Waals surface area (Å²) in [5, 5.41) is 9.17. The molecular weight excluding hydrogens is 250 g/mol. The maximum Gasteiger partial charge on any atom is 0.327 e. The lowest BCUT2D eigenvalue weighted by atomic mass is 10.0. The summed E-state index contributed by atoms with van der Waals surface area (Å²) >= 11 is 0. The van der Waals surface area contributed by atoms with Crippen LogP contribution >= 0.6 is 0 Å². The van der Waals surface area contributed by atoms with Crippen molar-refractivity contribution < 1.29 is 25.0 Å². The highest BCUT2D eigenvalue weighted by atomic mass is 16.4. The number of carbonyl (C=O) groups is 3. The van der Waals surface area contributed by atoms with Crippen LogP contribution in [-0.2, 0) is 4.79 Å². The van der Waals surface area contributed by atoms with Crippen LogP contribution in [0.4, 0.5) is 0 Å². The van der Waals surface area contributed by atoms with E-state index in [4.69, 9.17) is 0 Å². The molecule has 0 radical (unpaired) electrons. The van der Waals surface area contributed by atoms with Gasteiger partial charge in [-0.25, -0.2) is 4.79 Å². The van der Waals surface area contributed by atoms with Crippen molar-refractivity contribution in [3.05, 3.63) is 35.4 Å². The molecule has 0 aromatic heterocycles. The molecule has 2 rings (SSSR count). The van der Waals surface area contributed by atoms with Crippen LogP contribution in [0.5, 0.6) is 0 Å². The molecular formula is C13H15NO5. The maximum atomic E-state index is 12.1. The summed E-state index contributed by atoms with van der Waals surface area (Å²) in [6.07, 6.45) is 0. The summed E-state index contributed by atoms with van der Waals surface area (Å²) in [7, 11) is 0. The van der Waals surface area contributed by atoms with Crippen molar-refractivity contribution in [2.45, 2.75) is 19.9 Å². The van der Waals surface area contributed by atoms with Crippen LogP contribution in [0.2, 0.25) is 0 Å². The maximum absolute atomic E-state index is 12.1. The molecule has 0 bridgehead atoms. The van der Waals surface area contributed by atoms with E-state index in [1.807, 2.05) is 0 Å². The lowest BCUT2D eigenvalue weighted by Crippen LogP contribution is -2.47. The van der Waals surface area contributed by atoms with Crippen molar-refractivity contribution in [3.8, 4) is 0 Å². The number of carboxylic acids is 1. The fourth-order valence-electron chi connectivity index (χ4n) is 2.15. The molecule has 1 aliphatic heterocycles. The topological polar surface area (TPSA) is 106 Å². The van der Waals surface area contributed by atoms with Gasteiger partial charge in [-0.3, -0.25) is 14.5 Å². The Morgan fingerprint density at radius 2 is 1.53 bits per heavy atom. The molecule has 1 aliphatic rings. The highest BCUT2D eigenvalue weighted by Crippen LogP contribution is 2.26. The number of amides is 2. The summed E-state index contributed by atoms with van der Waals surface area (Å²) in [6.45, 7) is 3.34. The molecule has 1 aromatic rings. The number of hydrogen-bond donors (Lipinski definition) is 1. The van der Waals surface area contributed by atoms with E-state index in [1.165, 1.54) is 12.1 Å². The van der Waals surface area contributed by atoms with Crippen LogP contribution in [0, 0.1) is 5.92 Å². The number of carbonyl (C=O) groups excluding carboxylic acids is 2. The third-order valence-electron chi connectivity index (χ3n) is 2.99. The van der Waals surface area contributed by atoms with E-state index >= 15 is 0 Å². The molecule has 1 atom stereocenters. The van der Waals surface area contributed by atoms with Crippen LogP contribution < -0.4 is 0 Å². The Morgan fingerprint density at radius 1 is 1.11 bits per heavy atom. The minimum Gasteiger partial charge on any atom is -0.480 e. The normalized spacial score (nSPS) is 15.2. The number of rotatable bonds is 3. The van der Waals surface area contributed by atoms with E-state index < -0.39 is 23.8 Å². The van der Waals surface area contributed by atoms with Crippen LogP contribution in [0.3, 0.4) is 0 Å². The molecule has 6 heteroatoms. The van der Waals surface area contributed by atoms with Gasteiger partial charge in [0.1, 0.15) is 6.04 Å². The Bertz CT molecular complexity index is 503. The van der Waals surface area contributed by atoms with Crippen LogP contribution in [0.15, 0.2) is 24.3 Å². The largest absolute Gasteiger partial charge is 0.480 e. The van der Waals surface area contributed by atoms with Crippen LogP contribution in [0.25, 0.3) is 0 Å². The van der Waals surface area contributed by atoms with Gasteiger partial charge in [0.2, 0.25) is 0 Å². The molecule has 6 nitrogen and oxygen atoms in total. The van der Waals surface area contributed by atoms with Gasteiger partial charge in [0.05, 0.1) is 11.1 Å². The first kappa shape index (κ1) is 14.8. The molecule has 1 aromatic carbocycles. The van der Waals surface area contributed by atoms with Crippen molar-refractivity contribution in [2.75, 3.05) is 0 Å². The summed E-state index contributed by atoms with van der Waals surface area (Å²) in [5.41, 5.74) is 0.545. The van der Waals surface area contributed by atoms with Gasteiger partial charge < -0.3 is 10.6 Å². The first-order chi connectivity index (χ1) is 8.45. The summed E-state index contributed by atoms with van der Waals surface area (Å²) in [4.78, 5) is 36.3. The number of fused-ring (bicyclic) bond motifs is 1. The quantitative estimate of drug-likeness (QED) is 0.806. The van der Waals surface area contributed by atoms with E-state index in [0.717, 1.165) is 4.90 Å². The van der Waals surface area contributed by atoms with Gasteiger partial charge >= 0.3 is 5.97 Å². The van der Waals surface area contributed by atoms with E-state index in [9.17, 15) is 19.5 Å². The number of hydrogen-bond acceptors (Lipinski definition) is 3. The minimum atomic E-state index is -1.17. The van der Waals surface area contributed by atoms with Crippen molar-refractivity contribution in [1.29, 1.82) is 0 Å². The molecule has 2 amide bonds. The van der Waals surface area contributed by atoms with Gasteiger partial charge in [0.15, 0.2) is 0 Å². The zero-order valence-electron chi connectivity index (χ0n) is 10.6. The monoisotopic (exact) mass is 265 g/mol. The second kappa shape index (κ2) is 5.19. The van der Waals surface area contributed by atoms with Crippen molar-refractivity contribution >= 4 is 17.8 Å². The highest BCUT2D eigenvalue weighted by molar-refractivity contribution is 6.22. The minimum absolute atomic E-state index is 0. The number of nitrogens with zero attached hydrogens (tertiary/aromatic N) is 1. The molecule has 1 unspecified atom stereocenters. The average Bonchev–Trinajstić information content (AvgIpc) is 2.55. The molecule has 0 saturated heterocycles. The Kier molecular flexibility index (Phi) is 4.06. The lowest BCUT2D eigenvalue weighted by Gasteiger charge is -2.25. The SMILES string of the molecule is CC(C)C(C(=O)O)N1C(=O)c2ccccc2C1=O.O. The van der Waals surface area contributed by atoms with E-state index in [0.29, 0.717) is 0 Å². The average molecular weight is 265 g/mol. The zero-order chi connectivity index (χ0) is 13.4. The predicted molar refractivity (Wildman–Crippen MR) is 66.8 cm³/mol. The fraction of sp³-hybridized carbons (Fsp3) is 0.308. The molecule has 0 fully saturated rings. The zero-order valence-corrected chi connectivity index (χ0v) is 10.6. The van der Waals surface area contributed by atoms with Crippen molar-refractivity contribution in [3.63, 3.8) is 0 Å². The third-order valence-corrected chi connectivity index (χ3v) is 2.99. The van der Waals surface area contributed by atoms with Crippen LogP contribution in [0.1, 0.15) is 34.6 Å². The van der Waals surface area contributed by atoms with Gasteiger partial charge in [-0.05, 0) is 18.1 Å². The van der Waals surface area contributed by atoms with Gasteiger partial charge in [0, 0.05) is 0 Å². The van der Waals surface area contributed by atoms with Gasteiger partial charge in [-0.2, -0.15) is 0 Å². The molecule has 0 saturated carbocycles. The van der Waals surface area contributed by atoms with E-state index in [-0.39, 0.29) is 22.5 Å². The first-order valence-corrected chi connectivity index (χ1v) is 5.65. The second-order valence-corrected chi connectivity index (χ2v) is 4.55. The van der Waals surface area contributed by atoms with Gasteiger partial charge in [-0.15, -0.1) is 0 Å². The molecule has 19 heavy (non-hydrogen) atoms. The standard InChI is InChI=1S/C13H13NO4.H2O/c1-7(2)10(13(17)18)14-11(15)8-5-3-4-6-9(8)12(14)16;/h3-7,10H,1-2H3,(H,17,18);1H2. The lowest BCUT2D eigenvalue weighted by molar-refractivity contribution is -0.143. The second-order valence-electron chi connectivity index (χ2n) is 4.55. The Balaban J connectivity index is 0.00000180. The molecule has 1 heterocycles. The smallest absolute Gasteiger partial charge is 0.327 e. The van der Waals surface area contributed by atoms with Crippen molar-refractivity contribution in [2.24, 2.45) is 5.92 Å². The molecule has 0 aliphatic carbocycles. The fourth-order valence-corrected chi connectivity index (χ4v) is 2.15. The third kappa shape index (κ3) is 2.22. The summed E-state index contributed by atoms with van der Waals surface area (Å²) in [6, 6.07) is 5.25. The van der Waals surface area contributed by atoms with Gasteiger partial charge in [0.25, 0.3) is 11.8 Å². The highest BCUT2D eigenvalue weighted by Gasteiger charge is 2.43. The Labute approximate surface area is 109 Å². The molecule has 102 valence electrons. The van der Waals surface area contributed by atoms with Crippen LogP contribution in [-0.4, -0.2) is 39.3 Å². The van der Waals surface area contributed by atoms with Crippen molar-refractivity contribution in [1.82, 2.24) is 4.90 Å². The Hall–Kier alpha value is -2.21. The molecule has 3 N–H and O–H groups in total. The van der Waals surface area contributed by atoms with E-state index in [1.54, 1.807) is 26.0 Å². The molecule has 0 spiro atoms.